The van der Waals surface area contributed by atoms with Crippen LogP contribution in [-0.4, -0.2) is 18.1 Å². The Morgan fingerprint density at radius 1 is 1.33 bits per heavy atom. The lowest BCUT2D eigenvalue weighted by Gasteiger charge is -2.14. The number of halogens is 5. The molecule has 0 fully saturated rings. The van der Waals surface area contributed by atoms with E-state index in [2.05, 4.69) is 9.72 Å². The summed E-state index contributed by atoms with van der Waals surface area (Å²) in [5, 5.41) is -0.186. The molecule has 0 bridgehead atoms. The molecule has 0 saturated heterocycles. The molecular formula is C15H11ClF4N2O2. The van der Waals surface area contributed by atoms with Crippen molar-refractivity contribution in [2.75, 3.05) is 12.8 Å². The maximum atomic E-state index is 14.4. The highest BCUT2D eigenvalue weighted by atomic mass is 35.5. The van der Waals surface area contributed by atoms with E-state index in [9.17, 15) is 22.4 Å². The van der Waals surface area contributed by atoms with Gasteiger partial charge < -0.3 is 10.5 Å². The Bertz CT molecular complexity index is 822. The first-order chi connectivity index (χ1) is 11.1. The minimum Gasteiger partial charge on any atom is -0.464 e. The van der Waals surface area contributed by atoms with Crippen molar-refractivity contribution < 1.29 is 27.1 Å². The van der Waals surface area contributed by atoms with Gasteiger partial charge in [-0.3, -0.25) is 0 Å². The number of rotatable bonds is 2. The normalized spacial score (nSPS) is 11.5. The molecule has 1 aromatic heterocycles. The Balaban J connectivity index is 2.68. The van der Waals surface area contributed by atoms with Crippen molar-refractivity contribution in [3.05, 3.63) is 45.9 Å². The first-order valence-electron chi connectivity index (χ1n) is 6.49. The van der Waals surface area contributed by atoms with Gasteiger partial charge >= 0.3 is 12.1 Å². The molecule has 0 unspecified atom stereocenters. The van der Waals surface area contributed by atoms with Crippen LogP contribution in [0, 0.1) is 12.7 Å². The number of carbonyl (C=O) groups is 1. The van der Waals surface area contributed by atoms with Crippen LogP contribution in [0.3, 0.4) is 0 Å². The molecule has 2 rings (SSSR count). The summed E-state index contributed by atoms with van der Waals surface area (Å²) in [6, 6.07) is 2.82. The van der Waals surface area contributed by atoms with E-state index in [1.165, 1.54) is 6.07 Å². The van der Waals surface area contributed by atoms with Crippen molar-refractivity contribution in [1.29, 1.82) is 0 Å². The van der Waals surface area contributed by atoms with E-state index in [0.29, 0.717) is 0 Å². The van der Waals surface area contributed by atoms with Gasteiger partial charge in [-0.25, -0.2) is 14.2 Å². The Hall–Kier alpha value is -2.35. The number of nitrogens with two attached hydrogens (primary N) is 1. The fourth-order valence-electron chi connectivity index (χ4n) is 2.11. The molecule has 2 aromatic rings. The second-order valence-electron chi connectivity index (χ2n) is 4.85. The molecule has 1 heterocycles. The third kappa shape index (κ3) is 3.14. The van der Waals surface area contributed by atoms with Gasteiger partial charge in [-0.05, 0) is 30.7 Å². The van der Waals surface area contributed by atoms with E-state index in [1.807, 2.05) is 0 Å². The number of hydrogen-bond donors (Lipinski definition) is 1. The summed E-state index contributed by atoms with van der Waals surface area (Å²) in [6.07, 6.45) is -4.69. The first-order valence-corrected chi connectivity index (χ1v) is 6.86. The number of pyridine rings is 1. The number of carbonyl (C=O) groups excluding carboxylic acids is 1. The van der Waals surface area contributed by atoms with Crippen molar-refractivity contribution in [2.24, 2.45) is 0 Å². The molecule has 0 radical (unpaired) electrons. The summed E-state index contributed by atoms with van der Waals surface area (Å²) in [5.74, 6) is -2.02. The molecule has 0 aliphatic rings. The van der Waals surface area contributed by atoms with Gasteiger partial charge in [0.05, 0.1) is 29.1 Å². The van der Waals surface area contributed by atoms with Crippen LogP contribution in [0.4, 0.5) is 23.2 Å². The summed E-state index contributed by atoms with van der Waals surface area (Å²) >= 11 is 5.85. The van der Waals surface area contributed by atoms with Crippen LogP contribution in [0.1, 0.15) is 21.6 Å². The fourth-order valence-corrected chi connectivity index (χ4v) is 2.28. The number of nitrogen functional groups attached to an aromatic ring is 1. The van der Waals surface area contributed by atoms with Crippen molar-refractivity contribution in [1.82, 2.24) is 4.98 Å². The minimum absolute atomic E-state index is 0.0842. The molecule has 1 aromatic carbocycles. The van der Waals surface area contributed by atoms with Crippen LogP contribution in [0.2, 0.25) is 5.02 Å². The average Bonchev–Trinajstić information content (AvgIpc) is 2.50. The zero-order valence-corrected chi connectivity index (χ0v) is 13.2. The Kier molecular flexibility index (Phi) is 4.70. The lowest BCUT2D eigenvalue weighted by molar-refractivity contribution is -0.138. The van der Waals surface area contributed by atoms with Crippen molar-refractivity contribution >= 4 is 23.3 Å². The predicted octanol–water partition coefficient (Wildman–Crippen LogP) is 4.24. The standard InChI is InChI=1S/C15H11ClF4N2O2/c1-6-8(15(18,19)20)4-3-7(12(6)17)10-5-9(21)11(16)13(22-10)14(23)24-2/h3-5H,1-2H3,(H2,21,22). The molecule has 0 aliphatic carbocycles. The monoisotopic (exact) mass is 362 g/mol. The molecule has 2 N–H and O–H groups in total. The lowest BCUT2D eigenvalue weighted by atomic mass is 10.0. The number of esters is 1. The quantitative estimate of drug-likeness (QED) is 0.641. The van der Waals surface area contributed by atoms with Gasteiger partial charge in [-0.15, -0.1) is 0 Å². The first kappa shape index (κ1) is 18.0. The van der Waals surface area contributed by atoms with E-state index in [1.54, 1.807) is 0 Å². The van der Waals surface area contributed by atoms with Crippen LogP contribution >= 0.6 is 11.6 Å². The van der Waals surface area contributed by atoms with Crippen molar-refractivity contribution in [3.8, 4) is 11.3 Å². The number of hydrogen-bond acceptors (Lipinski definition) is 4. The number of ether oxygens (including phenoxy) is 1. The van der Waals surface area contributed by atoms with Gasteiger partial charge in [0.1, 0.15) is 5.82 Å². The maximum absolute atomic E-state index is 14.4. The topological polar surface area (TPSA) is 65.2 Å². The number of methoxy groups -OCH3 is 1. The smallest absolute Gasteiger partial charge is 0.416 e. The van der Waals surface area contributed by atoms with E-state index in [0.717, 1.165) is 26.2 Å². The van der Waals surface area contributed by atoms with Crippen LogP contribution in [0.15, 0.2) is 18.2 Å². The third-order valence-corrected chi connectivity index (χ3v) is 3.73. The molecule has 0 atom stereocenters. The third-order valence-electron chi connectivity index (χ3n) is 3.33. The summed E-state index contributed by atoms with van der Waals surface area (Å²) in [4.78, 5) is 15.5. The van der Waals surface area contributed by atoms with Gasteiger partial charge in [0.2, 0.25) is 0 Å². The SMILES string of the molecule is COC(=O)c1nc(-c2ccc(C(F)(F)F)c(C)c2F)cc(N)c1Cl. The average molecular weight is 363 g/mol. The van der Waals surface area contributed by atoms with E-state index < -0.39 is 29.1 Å². The second kappa shape index (κ2) is 6.27. The number of alkyl halides is 3. The van der Waals surface area contributed by atoms with Crippen LogP contribution in [0.5, 0.6) is 0 Å². The maximum Gasteiger partial charge on any atom is 0.416 e. The molecule has 24 heavy (non-hydrogen) atoms. The van der Waals surface area contributed by atoms with E-state index in [4.69, 9.17) is 17.3 Å². The molecule has 0 saturated carbocycles. The molecule has 128 valence electrons. The Morgan fingerprint density at radius 3 is 2.50 bits per heavy atom. The molecule has 0 amide bonds. The molecule has 0 aliphatic heterocycles. The van der Waals surface area contributed by atoms with Gasteiger partial charge in [-0.1, -0.05) is 11.6 Å². The van der Waals surface area contributed by atoms with E-state index in [-0.39, 0.29) is 27.7 Å². The number of anilines is 1. The second-order valence-corrected chi connectivity index (χ2v) is 5.23. The number of nitrogens with zero attached hydrogens (tertiary/aromatic N) is 1. The van der Waals surface area contributed by atoms with Gasteiger partial charge in [0.15, 0.2) is 5.69 Å². The molecule has 0 spiro atoms. The van der Waals surface area contributed by atoms with Crippen LogP contribution in [0.25, 0.3) is 11.3 Å². The van der Waals surface area contributed by atoms with Gasteiger partial charge in [0, 0.05) is 5.56 Å². The zero-order valence-electron chi connectivity index (χ0n) is 12.5. The minimum atomic E-state index is -4.69. The highest BCUT2D eigenvalue weighted by molar-refractivity contribution is 6.35. The van der Waals surface area contributed by atoms with Crippen LogP contribution < -0.4 is 5.73 Å². The molecule has 4 nitrogen and oxygen atoms in total. The summed E-state index contributed by atoms with van der Waals surface area (Å²) in [6.45, 7) is 1.00. The van der Waals surface area contributed by atoms with Gasteiger partial charge in [0.25, 0.3) is 0 Å². The molecular weight excluding hydrogens is 352 g/mol. The highest BCUT2D eigenvalue weighted by Gasteiger charge is 2.34. The number of benzene rings is 1. The zero-order chi connectivity index (χ0) is 18.2. The van der Waals surface area contributed by atoms with Crippen molar-refractivity contribution in [2.45, 2.75) is 13.1 Å². The van der Waals surface area contributed by atoms with E-state index >= 15 is 0 Å². The highest BCUT2D eigenvalue weighted by Crippen LogP contribution is 2.37. The fraction of sp³-hybridized carbons (Fsp3) is 0.200. The summed E-state index contributed by atoms with van der Waals surface area (Å²) in [7, 11) is 1.09. The lowest BCUT2D eigenvalue weighted by Crippen LogP contribution is -2.11. The number of aromatic nitrogens is 1. The summed E-state index contributed by atoms with van der Waals surface area (Å²) < 4.78 is 57.3. The van der Waals surface area contributed by atoms with Crippen LogP contribution in [-0.2, 0) is 10.9 Å². The predicted molar refractivity (Wildman–Crippen MR) is 80.1 cm³/mol. The largest absolute Gasteiger partial charge is 0.464 e. The van der Waals surface area contributed by atoms with Crippen molar-refractivity contribution in [3.63, 3.8) is 0 Å². The molecule has 9 heteroatoms. The Morgan fingerprint density at radius 2 is 1.96 bits per heavy atom. The Labute approximate surface area is 139 Å². The summed E-state index contributed by atoms with van der Waals surface area (Å²) in [5.41, 5.74) is 3.16. The van der Waals surface area contributed by atoms with Gasteiger partial charge in [-0.2, -0.15) is 13.2 Å².